The lowest BCUT2D eigenvalue weighted by atomic mass is 10.2. The number of oxazole rings is 1. The van der Waals surface area contributed by atoms with E-state index in [-0.39, 0.29) is 0 Å². The molecule has 140 valence electrons. The number of aromatic nitrogens is 1. The SMILES string of the molecule is CCNC(=NCc1coc(-c2ccccc2)n1)NCCCOCC1CC1. The number of nitrogens with one attached hydrogen (secondary N) is 2. The smallest absolute Gasteiger partial charge is 0.226 e. The number of benzene rings is 1. The Labute approximate surface area is 155 Å². The minimum absolute atomic E-state index is 0.476. The second-order valence-electron chi connectivity index (χ2n) is 6.50. The van der Waals surface area contributed by atoms with Crippen molar-refractivity contribution in [2.24, 2.45) is 10.9 Å². The van der Waals surface area contributed by atoms with Crippen LogP contribution in [0.4, 0.5) is 0 Å². The lowest BCUT2D eigenvalue weighted by molar-refractivity contribution is 0.123. The number of guanidine groups is 1. The molecule has 26 heavy (non-hydrogen) atoms. The van der Waals surface area contributed by atoms with Crippen LogP contribution in [0.25, 0.3) is 11.5 Å². The molecule has 6 nitrogen and oxygen atoms in total. The highest BCUT2D eigenvalue weighted by Crippen LogP contribution is 2.28. The second kappa shape index (κ2) is 9.97. The van der Waals surface area contributed by atoms with Gasteiger partial charge in [0, 0.05) is 31.9 Å². The summed E-state index contributed by atoms with van der Waals surface area (Å²) < 4.78 is 11.2. The Bertz CT molecular complexity index is 680. The number of hydrogen-bond acceptors (Lipinski definition) is 4. The number of nitrogens with zero attached hydrogens (tertiary/aromatic N) is 2. The van der Waals surface area contributed by atoms with Crippen molar-refractivity contribution >= 4 is 5.96 Å². The maximum Gasteiger partial charge on any atom is 0.226 e. The van der Waals surface area contributed by atoms with Crippen molar-refractivity contribution in [3.05, 3.63) is 42.3 Å². The summed E-state index contributed by atoms with van der Waals surface area (Å²) in [5.41, 5.74) is 1.78. The normalized spacial score (nSPS) is 14.4. The standard InChI is InChI=1S/C20H28N4O2/c1-2-21-20(22-11-6-12-25-14-16-9-10-16)23-13-18-15-26-19(24-18)17-7-4-3-5-8-17/h3-5,7-8,15-16H,2,6,9-14H2,1H3,(H2,21,22,23). The average Bonchev–Trinajstić information content (AvgIpc) is 3.38. The van der Waals surface area contributed by atoms with Crippen molar-refractivity contribution in [2.45, 2.75) is 32.7 Å². The van der Waals surface area contributed by atoms with E-state index in [2.05, 4.69) is 27.5 Å². The molecule has 0 radical (unpaired) electrons. The van der Waals surface area contributed by atoms with Crippen molar-refractivity contribution in [1.82, 2.24) is 15.6 Å². The molecule has 1 aromatic heterocycles. The summed E-state index contributed by atoms with van der Waals surface area (Å²) in [5.74, 6) is 2.24. The van der Waals surface area contributed by atoms with E-state index in [1.54, 1.807) is 6.26 Å². The van der Waals surface area contributed by atoms with Gasteiger partial charge in [0.15, 0.2) is 5.96 Å². The molecule has 6 heteroatoms. The minimum atomic E-state index is 0.476. The predicted octanol–water partition coefficient (Wildman–Crippen LogP) is 3.21. The molecule has 0 unspecified atom stereocenters. The Morgan fingerprint density at radius 1 is 1.27 bits per heavy atom. The van der Waals surface area contributed by atoms with Crippen LogP contribution in [0, 0.1) is 5.92 Å². The fourth-order valence-electron chi connectivity index (χ4n) is 2.51. The first-order chi connectivity index (χ1) is 12.8. The number of ether oxygens (including phenoxy) is 1. The zero-order valence-corrected chi connectivity index (χ0v) is 15.4. The van der Waals surface area contributed by atoms with Gasteiger partial charge >= 0.3 is 0 Å². The Balaban J connectivity index is 1.43. The van der Waals surface area contributed by atoms with E-state index in [1.165, 1.54) is 12.8 Å². The molecule has 0 bridgehead atoms. The van der Waals surface area contributed by atoms with Crippen LogP contribution in [0.5, 0.6) is 0 Å². The monoisotopic (exact) mass is 356 g/mol. The van der Waals surface area contributed by atoms with Crippen LogP contribution in [0.1, 0.15) is 31.9 Å². The number of aliphatic imine (C=N–C) groups is 1. The van der Waals surface area contributed by atoms with Gasteiger partial charge < -0.3 is 19.8 Å². The molecule has 0 aliphatic heterocycles. The molecule has 0 saturated heterocycles. The van der Waals surface area contributed by atoms with Gasteiger partial charge in [0.25, 0.3) is 0 Å². The minimum Gasteiger partial charge on any atom is -0.444 e. The van der Waals surface area contributed by atoms with E-state index >= 15 is 0 Å². The maximum atomic E-state index is 5.65. The Morgan fingerprint density at radius 2 is 2.12 bits per heavy atom. The maximum absolute atomic E-state index is 5.65. The molecule has 0 amide bonds. The quantitative estimate of drug-likeness (QED) is 0.388. The van der Waals surface area contributed by atoms with E-state index in [4.69, 9.17) is 9.15 Å². The molecule has 1 fully saturated rings. The molecule has 1 saturated carbocycles. The third-order valence-electron chi connectivity index (χ3n) is 4.12. The van der Waals surface area contributed by atoms with Crippen LogP contribution < -0.4 is 10.6 Å². The first kappa shape index (κ1) is 18.5. The number of rotatable bonds is 10. The Morgan fingerprint density at radius 3 is 2.88 bits per heavy atom. The molecular formula is C20H28N4O2. The van der Waals surface area contributed by atoms with Gasteiger partial charge in [-0.1, -0.05) is 18.2 Å². The third kappa shape index (κ3) is 6.19. The fraction of sp³-hybridized carbons (Fsp3) is 0.500. The van der Waals surface area contributed by atoms with Crippen molar-refractivity contribution in [1.29, 1.82) is 0 Å². The highest BCUT2D eigenvalue weighted by atomic mass is 16.5. The van der Waals surface area contributed by atoms with Gasteiger partial charge in [-0.05, 0) is 44.2 Å². The van der Waals surface area contributed by atoms with E-state index in [9.17, 15) is 0 Å². The lowest BCUT2D eigenvalue weighted by Gasteiger charge is -2.11. The third-order valence-corrected chi connectivity index (χ3v) is 4.12. The van der Waals surface area contributed by atoms with Gasteiger partial charge in [-0.25, -0.2) is 9.98 Å². The summed E-state index contributed by atoms with van der Waals surface area (Å²) in [4.78, 5) is 9.08. The average molecular weight is 356 g/mol. The molecule has 1 aliphatic carbocycles. The first-order valence-electron chi connectivity index (χ1n) is 9.45. The second-order valence-corrected chi connectivity index (χ2v) is 6.50. The van der Waals surface area contributed by atoms with Crippen molar-refractivity contribution in [2.75, 3.05) is 26.3 Å². The number of hydrogen-bond donors (Lipinski definition) is 2. The summed E-state index contributed by atoms with van der Waals surface area (Å²) in [6.45, 7) is 5.91. The van der Waals surface area contributed by atoms with Crippen molar-refractivity contribution < 1.29 is 9.15 Å². The van der Waals surface area contributed by atoms with Gasteiger partial charge in [-0.2, -0.15) is 0 Å². The van der Waals surface area contributed by atoms with Crippen LogP contribution in [-0.2, 0) is 11.3 Å². The van der Waals surface area contributed by atoms with Crippen LogP contribution in [-0.4, -0.2) is 37.2 Å². The van der Waals surface area contributed by atoms with E-state index in [1.807, 2.05) is 30.3 Å². The zero-order valence-electron chi connectivity index (χ0n) is 15.4. The molecule has 2 N–H and O–H groups in total. The molecule has 1 aliphatic rings. The van der Waals surface area contributed by atoms with Crippen LogP contribution in [0.2, 0.25) is 0 Å². The Kier molecular flexibility index (Phi) is 7.07. The van der Waals surface area contributed by atoms with Crippen molar-refractivity contribution in [3.8, 4) is 11.5 Å². The van der Waals surface area contributed by atoms with Gasteiger partial charge in [0.2, 0.25) is 5.89 Å². The summed E-state index contributed by atoms with van der Waals surface area (Å²) in [5, 5.41) is 6.58. The molecule has 2 aromatic rings. The summed E-state index contributed by atoms with van der Waals surface area (Å²) in [7, 11) is 0. The van der Waals surface area contributed by atoms with Gasteiger partial charge in [0.05, 0.1) is 6.54 Å². The van der Waals surface area contributed by atoms with Gasteiger partial charge in [-0.15, -0.1) is 0 Å². The molecule has 1 heterocycles. The molecular weight excluding hydrogens is 328 g/mol. The van der Waals surface area contributed by atoms with Gasteiger partial charge in [-0.3, -0.25) is 0 Å². The molecule has 1 aromatic carbocycles. The van der Waals surface area contributed by atoms with Crippen molar-refractivity contribution in [3.63, 3.8) is 0 Å². The van der Waals surface area contributed by atoms with Crippen LogP contribution >= 0.6 is 0 Å². The van der Waals surface area contributed by atoms with Crippen LogP contribution in [0.15, 0.2) is 46.0 Å². The summed E-state index contributed by atoms with van der Waals surface area (Å²) in [6.07, 6.45) is 5.31. The molecule has 0 atom stereocenters. The lowest BCUT2D eigenvalue weighted by Crippen LogP contribution is -2.38. The topological polar surface area (TPSA) is 71.7 Å². The summed E-state index contributed by atoms with van der Waals surface area (Å²) >= 11 is 0. The predicted molar refractivity (Wildman–Crippen MR) is 103 cm³/mol. The van der Waals surface area contributed by atoms with E-state index in [0.29, 0.717) is 12.4 Å². The largest absolute Gasteiger partial charge is 0.444 e. The fourth-order valence-corrected chi connectivity index (χ4v) is 2.51. The van der Waals surface area contributed by atoms with E-state index < -0.39 is 0 Å². The highest BCUT2D eigenvalue weighted by molar-refractivity contribution is 5.79. The highest BCUT2D eigenvalue weighted by Gasteiger charge is 2.20. The Hall–Kier alpha value is -2.34. The van der Waals surface area contributed by atoms with Gasteiger partial charge in [0.1, 0.15) is 12.0 Å². The molecule has 0 spiro atoms. The zero-order chi connectivity index (χ0) is 18.0. The summed E-state index contributed by atoms with van der Waals surface area (Å²) in [6, 6.07) is 9.88. The van der Waals surface area contributed by atoms with E-state index in [0.717, 1.165) is 55.9 Å². The molecule has 3 rings (SSSR count). The van der Waals surface area contributed by atoms with Crippen LogP contribution in [0.3, 0.4) is 0 Å². The first-order valence-corrected chi connectivity index (χ1v) is 9.45.